The molecule has 1 aliphatic carbocycles. The molecule has 2 fully saturated rings. The Balaban J connectivity index is 0.00000364. The number of nitrogens with zero attached hydrogens (tertiary/aromatic N) is 2. The van der Waals surface area contributed by atoms with Crippen molar-refractivity contribution in [3.8, 4) is 0 Å². The van der Waals surface area contributed by atoms with Crippen molar-refractivity contribution in [1.82, 2.24) is 15.5 Å². The topological polar surface area (TPSA) is 48.9 Å². The van der Waals surface area contributed by atoms with Crippen LogP contribution in [0.5, 0.6) is 0 Å². The first-order valence-corrected chi connectivity index (χ1v) is 10.8. The SMILES string of the molecule is CCNC(=NCC1(CC(C)C)CCC1)NCC1CCN(CCOC)CC1.I. The van der Waals surface area contributed by atoms with E-state index < -0.39 is 0 Å². The largest absolute Gasteiger partial charge is 0.383 e. The molecule has 0 aromatic carbocycles. The van der Waals surface area contributed by atoms with Crippen molar-refractivity contribution < 1.29 is 4.74 Å². The van der Waals surface area contributed by atoms with E-state index in [-0.39, 0.29) is 24.0 Å². The van der Waals surface area contributed by atoms with E-state index in [9.17, 15) is 0 Å². The Morgan fingerprint density at radius 3 is 2.44 bits per heavy atom. The van der Waals surface area contributed by atoms with E-state index >= 15 is 0 Å². The lowest BCUT2D eigenvalue weighted by molar-refractivity contribution is 0.111. The molecule has 2 aliphatic rings. The molecule has 27 heavy (non-hydrogen) atoms. The number of aliphatic imine (C=N–C) groups is 1. The molecule has 1 heterocycles. The summed E-state index contributed by atoms with van der Waals surface area (Å²) in [6, 6.07) is 0. The molecule has 0 spiro atoms. The quantitative estimate of drug-likeness (QED) is 0.276. The number of methoxy groups -OCH3 is 1. The fourth-order valence-corrected chi connectivity index (χ4v) is 4.43. The van der Waals surface area contributed by atoms with Crippen molar-refractivity contribution in [3.63, 3.8) is 0 Å². The second-order valence-electron chi connectivity index (χ2n) is 8.81. The zero-order valence-corrected chi connectivity index (χ0v) is 20.4. The highest BCUT2D eigenvalue weighted by Crippen LogP contribution is 2.46. The Kier molecular flexibility index (Phi) is 12.2. The maximum absolute atomic E-state index is 5.19. The molecule has 0 radical (unpaired) electrons. The minimum absolute atomic E-state index is 0. The molecule has 160 valence electrons. The van der Waals surface area contributed by atoms with Gasteiger partial charge in [-0.3, -0.25) is 4.99 Å². The molecule has 1 aliphatic heterocycles. The lowest BCUT2D eigenvalue weighted by atomic mass is 9.64. The highest BCUT2D eigenvalue weighted by molar-refractivity contribution is 14.0. The van der Waals surface area contributed by atoms with Crippen LogP contribution in [0.25, 0.3) is 0 Å². The molecular weight excluding hydrogens is 451 g/mol. The molecule has 1 saturated carbocycles. The average molecular weight is 495 g/mol. The summed E-state index contributed by atoms with van der Waals surface area (Å²) in [5, 5.41) is 7.06. The number of guanidine groups is 1. The minimum Gasteiger partial charge on any atom is -0.383 e. The number of ether oxygens (including phenoxy) is 1. The summed E-state index contributed by atoms with van der Waals surface area (Å²) in [4.78, 5) is 7.49. The maximum Gasteiger partial charge on any atom is 0.191 e. The van der Waals surface area contributed by atoms with Gasteiger partial charge in [-0.2, -0.15) is 0 Å². The van der Waals surface area contributed by atoms with Gasteiger partial charge in [0.2, 0.25) is 0 Å². The molecule has 2 N–H and O–H groups in total. The summed E-state index contributed by atoms with van der Waals surface area (Å²) in [7, 11) is 1.78. The van der Waals surface area contributed by atoms with Crippen molar-refractivity contribution in [2.24, 2.45) is 22.2 Å². The molecule has 0 amide bonds. The minimum atomic E-state index is 0. The van der Waals surface area contributed by atoms with Crippen molar-refractivity contribution in [2.45, 2.75) is 59.3 Å². The van der Waals surface area contributed by atoms with Crippen LogP contribution in [0.3, 0.4) is 0 Å². The van der Waals surface area contributed by atoms with Crippen molar-refractivity contribution in [1.29, 1.82) is 0 Å². The molecule has 1 saturated heterocycles. The fourth-order valence-electron chi connectivity index (χ4n) is 4.43. The number of hydrogen-bond donors (Lipinski definition) is 2. The standard InChI is InChI=1S/C21H42N4O.HI/c1-5-22-20(24-17-21(9-6-10-21)15-18(2)3)23-16-19-7-11-25(12-8-19)13-14-26-4;/h18-19H,5-17H2,1-4H3,(H2,22,23,24);1H. The second-order valence-corrected chi connectivity index (χ2v) is 8.81. The average Bonchev–Trinajstić information content (AvgIpc) is 2.60. The van der Waals surface area contributed by atoms with E-state index in [1.54, 1.807) is 7.11 Å². The summed E-state index contributed by atoms with van der Waals surface area (Å²) in [5.41, 5.74) is 0.475. The Morgan fingerprint density at radius 2 is 1.93 bits per heavy atom. The monoisotopic (exact) mass is 494 g/mol. The summed E-state index contributed by atoms with van der Waals surface area (Å²) in [5.74, 6) is 2.54. The van der Waals surface area contributed by atoms with E-state index in [1.807, 2.05) is 0 Å². The van der Waals surface area contributed by atoms with Crippen molar-refractivity contribution >= 4 is 29.9 Å². The number of nitrogens with one attached hydrogen (secondary N) is 2. The number of hydrogen-bond acceptors (Lipinski definition) is 3. The zero-order chi connectivity index (χ0) is 18.8. The van der Waals surface area contributed by atoms with Gasteiger partial charge in [0.15, 0.2) is 5.96 Å². The van der Waals surface area contributed by atoms with Crippen LogP contribution in [0.2, 0.25) is 0 Å². The summed E-state index contributed by atoms with van der Waals surface area (Å²) in [6.07, 6.45) is 7.95. The van der Waals surface area contributed by atoms with Crippen LogP contribution in [-0.4, -0.2) is 63.8 Å². The number of halogens is 1. The normalized spacial score (nSPS) is 20.9. The Bertz CT molecular complexity index is 418. The molecule has 0 atom stereocenters. The first-order valence-electron chi connectivity index (χ1n) is 10.8. The molecule has 5 nitrogen and oxygen atoms in total. The maximum atomic E-state index is 5.19. The van der Waals surface area contributed by atoms with Crippen LogP contribution in [0, 0.1) is 17.3 Å². The van der Waals surface area contributed by atoms with Crippen molar-refractivity contribution in [2.75, 3.05) is 53.0 Å². The van der Waals surface area contributed by atoms with Gasteiger partial charge in [-0.15, -0.1) is 24.0 Å². The van der Waals surface area contributed by atoms with Gasteiger partial charge < -0.3 is 20.3 Å². The summed E-state index contributed by atoms with van der Waals surface area (Å²) >= 11 is 0. The molecule has 0 bridgehead atoms. The number of likely N-dealkylation sites (tertiary alicyclic amines) is 1. The van der Waals surface area contributed by atoms with Crippen LogP contribution in [0.15, 0.2) is 4.99 Å². The predicted octanol–water partition coefficient (Wildman–Crippen LogP) is 3.73. The van der Waals surface area contributed by atoms with E-state index in [4.69, 9.17) is 9.73 Å². The fraction of sp³-hybridized carbons (Fsp3) is 0.952. The number of piperidine rings is 1. The van der Waals surface area contributed by atoms with Crippen LogP contribution < -0.4 is 10.6 Å². The molecule has 6 heteroatoms. The smallest absolute Gasteiger partial charge is 0.191 e. The third kappa shape index (κ3) is 8.86. The lowest BCUT2D eigenvalue weighted by Gasteiger charge is -2.42. The molecule has 0 unspecified atom stereocenters. The van der Waals surface area contributed by atoms with Gasteiger partial charge in [-0.1, -0.05) is 20.3 Å². The molecule has 0 aromatic rings. The third-order valence-electron chi connectivity index (χ3n) is 6.05. The zero-order valence-electron chi connectivity index (χ0n) is 18.1. The predicted molar refractivity (Wildman–Crippen MR) is 126 cm³/mol. The van der Waals surface area contributed by atoms with Crippen LogP contribution in [0.1, 0.15) is 59.3 Å². The number of rotatable bonds is 10. The molecule has 2 rings (SSSR count). The van der Waals surface area contributed by atoms with E-state index in [0.717, 1.165) is 50.6 Å². The van der Waals surface area contributed by atoms with Gasteiger partial charge in [0.25, 0.3) is 0 Å². The lowest BCUT2D eigenvalue weighted by Crippen LogP contribution is -2.44. The Hall–Kier alpha value is -0.0800. The highest BCUT2D eigenvalue weighted by atomic mass is 127. The highest BCUT2D eigenvalue weighted by Gasteiger charge is 2.37. The van der Waals surface area contributed by atoms with Crippen LogP contribution in [0.4, 0.5) is 0 Å². The molecule has 0 aromatic heterocycles. The van der Waals surface area contributed by atoms with E-state index in [0.29, 0.717) is 5.41 Å². The van der Waals surface area contributed by atoms with E-state index in [2.05, 4.69) is 36.3 Å². The van der Waals surface area contributed by atoms with Gasteiger partial charge >= 0.3 is 0 Å². The summed E-state index contributed by atoms with van der Waals surface area (Å²) < 4.78 is 5.19. The molecular formula is C21H43IN4O. The Morgan fingerprint density at radius 1 is 1.22 bits per heavy atom. The van der Waals surface area contributed by atoms with Crippen molar-refractivity contribution in [3.05, 3.63) is 0 Å². The van der Waals surface area contributed by atoms with Gasteiger partial charge in [0.05, 0.1) is 6.61 Å². The third-order valence-corrected chi connectivity index (χ3v) is 6.05. The first-order chi connectivity index (χ1) is 12.6. The Labute approximate surface area is 184 Å². The van der Waals surface area contributed by atoms with Crippen LogP contribution >= 0.6 is 24.0 Å². The second kappa shape index (κ2) is 13.2. The van der Waals surface area contributed by atoms with Crippen LogP contribution in [-0.2, 0) is 4.74 Å². The van der Waals surface area contributed by atoms with E-state index in [1.165, 1.54) is 51.6 Å². The van der Waals surface area contributed by atoms with Gasteiger partial charge in [0.1, 0.15) is 0 Å². The van der Waals surface area contributed by atoms with Gasteiger partial charge in [-0.05, 0) is 69.4 Å². The summed E-state index contributed by atoms with van der Waals surface area (Å²) in [6.45, 7) is 14.1. The van der Waals surface area contributed by atoms with Gasteiger partial charge in [-0.25, -0.2) is 0 Å². The first kappa shape index (κ1) is 25.0. The van der Waals surface area contributed by atoms with Gasteiger partial charge in [0, 0.05) is 33.3 Å².